The number of hydrogen-bond donors (Lipinski definition) is 2. The molecule has 3 rings (SSSR count). The summed E-state index contributed by atoms with van der Waals surface area (Å²) in [5.74, 6) is -1.06. The first-order valence-electron chi connectivity index (χ1n) is 9.23. The second-order valence-electron chi connectivity index (χ2n) is 6.66. The molecule has 2 amide bonds. The summed E-state index contributed by atoms with van der Waals surface area (Å²) in [6, 6.07) is 19.8. The summed E-state index contributed by atoms with van der Waals surface area (Å²) >= 11 is 3.32. The lowest BCUT2D eigenvalue weighted by Gasteiger charge is -2.12. The number of nitro benzene ring substituents is 1. The minimum absolute atomic E-state index is 0.0539. The van der Waals surface area contributed by atoms with Gasteiger partial charge < -0.3 is 10.6 Å². The van der Waals surface area contributed by atoms with Crippen molar-refractivity contribution in [1.29, 1.82) is 0 Å². The molecule has 0 fully saturated rings. The van der Waals surface area contributed by atoms with E-state index >= 15 is 0 Å². The quantitative estimate of drug-likeness (QED) is 0.292. The summed E-state index contributed by atoms with van der Waals surface area (Å²) in [7, 11) is 0. The molecule has 2 N–H and O–H groups in total. The van der Waals surface area contributed by atoms with Gasteiger partial charge >= 0.3 is 0 Å². The topological polar surface area (TPSA) is 101 Å². The van der Waals surface area contributed by atoms with Gasteiger partial charge in [-0.1, -0.05) is 42.0 Å². The van der Waals surface area contributed by atoms with Crippen LogP contribution in [-0.2, 0) is 4.79 Å². The van der Waals surface area contributed by atoms with E-state index in [0.29, 0.717) is 21.3 Å². The van der Waals surface area contributed by atoms with Gasteiger partial charge in [-0.05, 0) is 58.8 Å². The summed E-state index contributed by atoms with van der Waals surface area (Å²) in [6.07, 6.45) is 1.39. The Balaban J connectivity index is 1.94. The maximum atomic E-state index is 12.9. The van der Waals surface area contributed by atoms with E-state index in [1.807, 2.05) is 19.1 Å². The van der Waals surface area contributed by atoms with Crippen LogP contribution in [0.15, 0.2) is 83.0 Å². The molecule has 0 unspecified atom stereocenters. The number of aryl methyl sites for hydroxylation is 1. The molecule has 3 aromatic carbocycles. The van der Waals surface area contributed by atoms with Gasteiger partial charge in [0.2, 0.25) is 0 Å². The number of nitro groups is 1. The molecule has 156 valence electrons. The molecule has 3 aromatic rings. The Morgan fingerprint density at radius 3 is 2.39 bits per heavy atom. The van der Waals surface area contributed by atoms with Crippen molar-refractivity contribution in [3.05, 3.63) is 110 Å². The Morgan fingerprint density at radius 2 is 1.71 bits per heavy atom. The molecular formula is C23H18BrN3O4. The van der Waals surface area contributed by atoms with Crippen molar-refractivity contribution in [1.82, 2.24) is 5.32 Å². The zero-order valence-corrected chi connectivity index (χ0v) is 18.0. The molecule has 0 bridgehead atoms. The number of halogens is 1. The Labute approximate surface area is 187 Å². The summed E-state index contributed by atoms with van der Waals surface area (Å²) in [5.41, 5.74) is 2.15. The van der Waals surface area contributed by atoms with Crippen molar-refractivity contribution in [3.8, 4) is 0 Å². The Hall–Kier alpha value is -3.78. The molecule has 0 radical (unpaired) electrons. The number of nitrogens with one attached hydrogen (secondary N) is 2. The first-order valence-corrected chi connectivity index (χ1v) is 10.0. The van der Waals surface area contributed by atoms with Gasteiger partial charge in [-0.3, -0.25) is 19.7 Å². The van der Waals surface area contributed by atoms with Gasteiger partial charge in [-0.25, -0.2) is 0 Å². The lowest BCUT2D eigenvalue weighted by molar-refractivity contribution is -0.384. The first-order chi connectivity index (χ1) is 14.8. The van der Waals surface area contributed by atoms with Crippen LogP contribution in [0.1, 0.15) is 21.5 Å². The van der Waals surface area contributed by atoms with E-state index in [-0.39, 0.29) is 11.4 Å². The second kappa shape index (κ2) is 9.82. The average molecular weight is 480 g/mol. The van der Waals surface area contributed by atoms with E-state index in [1.165, 1.54) is 24.3 Å². The predicted octanol–water partition coefficient (Wildman–Crippen LogP) is 5.08. The molecule has 0 spiro atoms. The van der Waals surface area contributed by atoms with Gasteiger partial charge in [0.15, 0.2) is 0 Å². The highest BCUT2D eigenvalue weighted by Crippen LogP contribution is 2.19. The van der Waals surface area contributed by atoms with Gasteiger partial charge in [0.05, 0.1) is 10.5 Å². The van der Waals surface area contributed by atoms with Gasteiger partial charge in [-0.15, -0.1) is 0 Å². The summed E-state index contributed by atoms with van der Waals surface area (Å²) < 4.78 is 0.571. The highest BCUT2D eigenvalue weighted by molar-refractivity contribution is 9.10. The SMILES string of the molecule is Cc1ccc(NC(=O)C(=Cc2cccc([N+](=O)[O-])c2)NC(=O)c2ccccc2Br)cc1. The predicted molar refractivity (Wildman–Crippen MR) is 122 cm³/mol. The smallest absolute Gasteiger partial charge is 0.272 e. The fourth-order valence-electron chi connectivity index (χ4n) is 2.72. The normalized spacial score (nSPS) is 11.0. The molecule has 0 atom stereocenters. The van der Waals surface area contributed by atoms with Crippen LogP contribution >= 0.6 is 15.9 Å². The van der Waals surface area contributed by atoms with Crippen molar-refractivity contribution in [2.24, 2.45) is 0 Å². The third-order valence-corrected chi connectivity index (χ3v) is 5.00. The number of nitrogens with zero attached hydrogens (tertiary/aromatic N) is 1. The molecule has 8 heteroatoms. The van der Waals surface area contributed by atoms with Crippen LogP contribution in [-0.4, -0.2) is 16.7 Å². The Kier molecular flexibility index (Phi) is 6.94. The molecule has 0 saturated carbocycles. The van der Waals surface area contributed by atoms with E-state index in [9.17, 15) is 19.7 Å². The average Bonchev–Trinajstić information content (AvgIpc) is 2.75. The van der Waals surface area contributed by atoms with Crippen molar-refractivity contribution < 1.29 is 14.5 Å². The molecule has 0 aromatic heterocycles. The van der Waals surface area contributed by atoms with Crippen LogP contribution in [0.3, 0.4) is 0 Å². The van der Waals surface area contributed by atoms with E-state index in [2.05, 4.69) is 26.6 Å². The number of carbonyl (C=O) groups excluding carboxylic acids is 2. The Morgan fingerprint density at radius 1 is 1.00 bits per heavy atom. The van der Waals surface area contributed by atoms with Crippen molar-refractivity contribution in [3.63, 3.8) is 0 Å². The monoisotopic (exact) mass is 479 g/mol. The summed E-state index contributed by atoms with van der Waals surface area (Å²) in [5, 5.41) is 16.4. The highest BCUT2D eigenvalue weighted by Gasteiger charge is 2.17. The van der Waals surface area contributed by atoms with Crippen LogP contribution in [0.2, 0.25) is 0 Å². The van der Waals surface area contributed by atoms with Gasteiger partial charge in [0, 0.05) is 22.3 Å². The molecule has 0 saturated heterocycles. The lowest BCUT2D eigenvalue weighted by Crippen LogP contribution is -2.31. The van der Waals surface area contributed by atoms with Gasteiger partial charge in [-0.2, -0.15) is 0 Å². The lowest BCUT2D eigenvalue weighted by atomic mass is 10.1. The van der Waals surface area contributed by atoms with Crippen LogP contribution in [0.5, 0.6) is 0 Å². The number of rotatable bonds is 6. The van der Waals surface area contributed by atoms with Gasteiger partial charge in [0.25, 0.3) is 17.5 Å². The van der Waals surface area contributed by atoms with E-state index < -0.39 is 16.7 Å². The second-order valence-corrected chi connectivity index (χ2v) is 7.52. The molecule has 0 heterocycles. The van der Waals surface area contributed by atoms with Gasteiger partial charge in [0.1, 0.15) is 5.70 Å². The zero-order chi connectivity index (χ0) is 22.4. The third-order valence-electron chi connectivity index (χ3n) is 4.31. The van der Waals surface area contributed by atoms with Crippen molar-refractivity contribution in [2.45, 2.75) is 6.92 Å². The number of amides is 2. The van der Waals surface area contributed by atoms with E-state index in [1.54, 1.807) is 42.5 Å². The standard InChI is InChI=1S/C23H18BrN3O4/c1-15-9-11-17(12-10-15)25-23(29)21(14-16-5-4-6-18(13-16)27(30)31)26-22(28)19-7-2-3-8-20(19)24/h2-14H,1H3,(H,25,29)(H,26,28). The van der Waals surface area contributed by atoms with Crippen molar-refractivity contribution >= 4 is 45.2 Å². The molecule has 7 nitrogen and oxygen atoms in total. The molecule has 0 aliphatic carbocycles. The molecular weight excluding hydrogens is 462 g/mol. The highest BCUT2D eigenvalue weighted by atomic mass is 79.9. The largest absolute Gasteiger partial charge is 0.321 e. The number of anilines is 1. The first kappa shape index (κ1) is 21.9. The zero-order valence-electron chi connectivity index (χ0n) is 16.5. The fraction of sp³-hybridized carbons (Fsp3) is 0.0435. The van der Waals surface area contributed by atoms with Crippen LogP contribution in [0, 0.1) is 17.0 Å². The van der Waals surface area contributed by atoms with Crippen LogP contribution in [0.25, 0.3) is 6.08 Å². The molecule has 0 aliphatic rings. The summed E-state index contributed by atoms with van der Waals surface area (Å²) in [6.45, 7) is 1.93. The minimum atomic E-state index is -0.559. The third kappa shape index (κ3) is 5.86. The fourth-order valence-corrected chi connectivity index (χ4v) is 3.19. The number of non-ortho nitro benzene ring substituents is 1. The van der Waals surface area contributed by atoms with Crippen LogP contribution < -0.4 is 10.6 Å². The summed E-state index contributed by atoms with van der Waals surface area (Å²) in [4.78, 5) is 36.3. The maximum absolute atomic E-state index is 12.9. The maximum Gasteiger partial charge on any atom is 0.272 e. The van der Waals surface area contributed by atoms with E-state index in [4.69, 9.17) is 0 Å². The number of hydrogen-bond acceptors (Lipinski definition) is 4. The molecule has 0 aliphatic heterocycles. The van der Waals surface area contributed by atoms with Crippen molar-refractivity contribution in [2.75, 3.05) is 5.32 Å². The van der Waals surface area contributed by atoms with E-state index in [0.717, 1.165) is 5.56 Å². The van der Waals surface area contributed by atoms with Crippen LogP contribution in [0.4, 0.5) is 11.4 Å². The molecule has 31 heavy (non-hydrogen) atoms. The number of carbonyl (C=O) groups is 2. The minimum Gasteiger partial charge on any atom is -0.321 e. The number of benzene rings is 3. The Bertz CT molecular complexity index is 1170.